The molecule has 0 radical (unpaired) electrons. The van der Waals surface area contributed by atoms with E-state index in [9.17, 15) is 0 Å². The van der Waals surface area contributed by atoms with Crippen molar-refractivity contribution in [2.75, 3.05) is 5.32 Å². The van der Waals surface area contributed by atoms with E-state index in [2.05, 4.69) is 32.5 Å². The van der Waals surface area contributed by atoms with Crippen LogP contribution in [0.2, 0.25) is 0 Å². The molecule has 120 valence electrons. The number of hydrogen-bond acceptors (Lipinski definition) is 6. The normalized spacial score (nSPS) is 11.0. The third-order valence-corrected chi connectivity index (χ3v) is 3.69. The largest absolute Gasteiger partial charge is 0.362 e. The van der Waals surface area contributed by atoms with Crippen LogP contribution in [0.25, 0.3) is 17.1 Å². The minimum atomic E-state index is 0.443. The molecule has 0 unspecified atom stereocenters. The molecule has 0 saturated carbocycles. The SMILES string of the molecule is CCc1cc(NCc2noc(-c3ccccc3)n2)n2nccc2n1. The second kappa shape index (κ2) is 6.11. The van der Waals surface area contributed by atoms with Crippen LogP contribution in [-0.4, -0.2) is 24.7 Å². The van der Waals surface area contributed by atoms with Crippen LogP contribution >= 0.6 is 0 Å². The van der Waals surface area contributed by atoms with E-state index < -0.39 is 0 Å². The molecule has 7 nitrogen and oxygen atoms in total. The highest BCUT2D eigenvalue weighted by Gasteiger charge is 2.10. The molecule has 0 aliphatic rings. The van der Waals surface area contributed by atoms with E-state index in [1.165, 1.54) is 0 Å². The molecule has 0 aliphatic carbocycles. The van der Waals surface area contributed by atoms with Gasteiger partial charge in [-0.1, -0.05) is 30.3 Å². The Bertz CT molecular complexity index is 960. The summed E-state index contributed by atoms with van der Waals surface area (Å²) in [6.45, 7) is 2.52. The number of aromatic nitrogens is 5. The van der Waals surface area contributed by atoms with Crippen molar-refractivity contribution in [2.45, 2.75) is 19.9 Å². The van der Waals surface area contributed by atoms with Crippen LogP contribution in [0.15, 0.2) is 53.2 Å². The van der Waals surface area contributed by atoms with Gasteiger partial charge in [-0.2, -0.15) is 14.6 Å². The van der Waals surface area contributed by atoms with Crippen molar-refractivity contribution in [3.05, 3.63) is 60.2 Å². The van der Waals surface area contributed by atoms with Crippen molar-refractivity contribution in [1.82, 2.24) is 24.7 Å². The van der Waals surface area contributed by atoms with Gasteiger partial charge in [0.05, 0.1) is 12.7 Å². The zero-order valence-electron chi connectivity index (χ0n) is 13.2. The summed E-state index contributed by atoms with van der Waals surface area (Å²) < 4.78 is 7.08. The van der Waals surface area contributed by atoms with Gasteiger partial charge in [-0.05, 0) is 18.6 Å². The molecule has 4 rings (SSSR count). The summed E-state index contributed by atoms with van der Waals surface area (Å²) in [5, 5.41) is 11.6. The third kappa shape index (κ3) is 2.71. The number of nitrogens with zero attached hydrogens (tertiary/aromatic N) is 5. The fraction of sp³-hybridized carbons (Fsp3) is 0.176. The van der Waals surface area contributed by atoms with E-state index in [-0.39, 0.29) is 0 Å². The summed E-state index contributed by atoms with van der Waals surface area (Å²) in [6, 6.07) is 13.6. The first-order valence-electron chi connectivity index (χ1n) is 7.79. The number of aryl methyl sites for hydroxylation is 1. The van der Waals surface area contributed by atoms with Gasteiger partial charge >= 0.3 is 0 Å². The van der Waals surface area contributed by atoms with E-state index in [0.717, 1.165) is 29.1 Å². The van der Waals surface area contributed by atoms with Crippen LogP contribution in [0.4, 0.5) is 5.82 Å². The average molecular weight is 320 g/mol. The molecule has 7 heteroatoms. The molecule has 0 spiro atoms. The highest BCUT2D eigenvalue weighted by atomic mass is 16.5. The molecular weight excluding hydrogens is 304 g/mol. The Morgan fingerprint density at radius 1 is 1.12 bits per heavy atom. The number of nitrogens with one attached hydrogen (secondary N) is 1. The van der Waals surface area contributed by atoms with Crippen molar-refractivity contribution in [1.29, 1.82) is 0 Å². The summed E-state index contributed by atoms with van der Waals surface area (Å²) in [7, 11) is 0. The van der Waals surface area contributed by atoms with E-state index in [0.29, 0.717) is 18.3 Å². The van der Waals surface area contributed by atoms with E-state index in [1.54, 1.807) is 10.7 Å². The summed E-state index contributed by atoms with van der Waals surface area (Å²) in [4.78, 5) is 8.94. The molecule has 3 heterocycles. The van der Waals surface area contributed by atoms with Gasteiger partial charge in [-0.15, -0.1) is 0 Å². The Labute approximate surface area is 138 Å². The summed E-state index contributed by atoms with van der Waals surface area (Å²) >= 11 is 0. The maximum atomic E-state index is 5.32. The molecule has 0 saturated heterocycles. The highest BCUT2D eigenvalue weighted by molar-refractivity contribution is 5.52. The smallest absolute Gasteiger partial charge is 0.257 e. The van der Waals surface area contributed by atoms with Crippen LogP contribution in [-0.2, 0) is 13.0 Å². The van der Waals surface area contributed by atoms with Gasteiger partial charge in [-0.3, -0.25) is 0 Å². The van der Waals surface area contributed by atoms with Gasteiger partial charge in [0.2, 0.25) is 0 Å². The number of anilines is 1. The lowest BCUT2D eigenvalue weighted by atomic mass is 10.2. The molecular formula is C17H16N6O. The monoisotopic (exact) mass is 320 g/mol. The van der Waals surface area contributed by atoms with Crippen LogP contribution in [0, 0.1) is 0 Å². The highest BCUT2D eigenvalue weighted by Crippen LogP contribution is 2.17. The van der Waals surface area contributed by atoms with Crippen LogP contribution in [0.5, 0.6) is 0 Å². The van der Waals surface area contributed by atoms with Crippen LogP contribution in [0.1, 0.15) is 18.4 Å². The number of benzene rings is 1. The first kappa shape index (κ1) is 14.4. The molecule has 0 fully saturated rings. The van der Waals surface area contributed by atoms with Gasteiger partial charge in [0, 0.05) is 23.4 Å². The topological polar surface area (TPSA) is 81.1 Å². The lowest BCUT2D eigenvalue weighted by molar-refractivity contribution is 0.423. The molecule has 0 atom stereocenters. The predicted octanol–water partition coefficient (Wildman–Crippen LogP) is 2.95. The molecule has 3 aromatic heterocycles. The van der Waals surface area contributed by atoms with Gasteiger partial charge in [0.15, 0.2) is 11.5 Å². The van der Waals surface area contributed by atoms with Crippen LogP contribution < -0.4 is 5.32 Å². The van der Waals surface area contributed by atoms with E-state index in [4.69, 9.17) is 4.52 Å². The number of fused-ring (bicyclic) bond motifs is 1. The molecule has 1 N–H and O–H groups in total. The molecule has 24 heavy (non-hydrogen) atoms. The summed E-state index contributed by atoms with van der Waals surface area (Å²) in [6.07, 6.45) is 2.59. The minimum Gasteiger partial charge on any atom is -0.362 e. The first-order chi connectivity index (χ1) is 11.8. The lowest BCUT2D eigenvalue weighted by Gasteiger charge is -2.08. The van der Waals surface area contributed by atoms with Gasteiger partial charge in [0.1, 0.15) is 5.82 Å². The quantitative estimate of drug-likeness (QED) is 0.609. The Hall–Kier alpha value is -3.22. The van der Waals surface area contributed by atoms with Crippen molar-refractivity contribution >= 4 is 11.5 Å². The standard InChI is InChI=1S/C17H16N6O/c1-2-13-10-16(23-15(20-13)8-9-19-23)18-11-14-21-17(24-22-14)12-6-4-3-5-7-12/h3-10,18H,2,11H2,1H3. The lowest BCUT2D eigenvalue weighted by Crippen LogP contribution is -2.08. The Morgan fingerprint density at radius 3 is 2.83 bits per heavy atom. The fourth-order valence-electron chi connectivity index (χ4n) is 2.47. The third-order valence-electron chi connectivity index (χ3n) is 3.69. The van der Waals surface area contributed by atoms with Crippen molar-refractivity contribution in [3.63, 3.8) is 0 Å². The van der Waals surface area contributed by atoms with Gasteiger partial charge < -0.3 is 9.84 Å². The molecule has 0 amide bonds. The van der Waals surface area contributed by atoms with Gasteiger partial charge in [-0.25, -0.2) is 4.98 Å². The van der Waals surface area contributed by atoms with Gasteiger partial charge in [0.25, 0.3) is 5.89 Å². The molecule has 4 aromatic rings. The van der Waals surface area contributed by atoms with E-state index in [1.807, 2.05) is 42.5 Å². The second-order valence-electron chi connectivity index (χ2n) is 5.32. The van der Waals surface area contributed by atoms with E-state index >= 15 is 0 Å². The van der Waals surface area contributed by atoms with Crippen molar-refractivity contribution in [3.8, 4) is 11.5 Å². The summed E-state index contributed by atoms with van der Waals surface area (Å²) in [5.41, 5.74) is 2.72. The second-order valence-corrected chi connectivity index (χ2v) is 5.32. The molecule has 1 aromatic carbocycles. The van der Waals surface area contributed by atoms with Crippen LogP contribution in [0.3, 0.4) is 0 Å². The number of hydrogen-bond donors (Lipinski definition) is 1. The zero-order chi connectivity index (χ0) is 16.4. The maximum Gasteiger partial charge on any atom is 0.257 e. The fourth-order valence-corrected chi connectivity index (χ4v) is 2.47. The summed E-state index contributed by atoms with van der Waals surface area (Å²) in [5.74, 6) is 1.96. The first-order valence-corrected chi connectivity index (χ1v) is 7.79. The Morgan fingerprint density at radius 2 is 2.00 bits per heavy atom. The number of rotatable bonds is 5. The Kier molecular flexibility index (Phi) is 3.66. The maximum absolute atomic E-state index is 5.32. The van der Waals surface area contributed by atoms with Crippen molar-refractivity contribution < 1.29 is 4.52 Å². The average Bonchev–Trinajstić information content (AvgIpc) is 3.29. The molecule has 0 aliphatic heterocycles. The Balaban J connectivity index is 1.55. The zero-order valence-corrected chi connectivity index (χ0v) is 13.2. The van der Waals surface area contributed by atoms with Crippen molar-refractivity contribution in [2.24, 2.45) is 0 Å². The predicted molar refractivity (Wildman–Crippen MR) is 89.4 cm³/mol. The minimum absolute atomic E-state index is 0.443. The molecule has 0 bridgehead atoms.